The van der Waals surface area contributed by atoms with Gasteiger partial charge in [-0.1, -0.05) is 44.1 Å². The summed E-state index contributed by atoms with van der Waals surface area (Å²) in [6.07, 6.45) is 0. The average molecular weight is 285 g/mol. The third-order valence-corrected chi connectivity index (χ3v) is 12.4. The van der Waals surface area contributed by atoms with Gasteiger partial charge >= 0.3 is 0 Å². The topological polar surface area (TPSA) is 0 Å². The molecule has 0 aromatic carbocycles. The molecule has 0 atom stereocenters. The first-order valence-electron chi connectivity index (χ1n) is 4.96. The molecule has 0 fully saturated rings. The molecule has 0 heterocycles. The quantitative estimate of drug-likeness (QED) is 0.518. The van der Waals surface area contributed by atoms with Crippen LogP contribution in [0, 0.1) is 0 Å². The van der Waals surface area contributed by atoms with Crippen LogP contribution < -0.4 is 0 Å². The van der Waals surface area contributed by atoms with Crippen molar-refractivity contribution in [3.05, 3.63) is 10.5 Å². The highest BCUT2D eigenvalue weighted by atomic mass is 35.7. The minimum Gasteiger partial charge on any atom is -0.141 e. The monoisotopic (exact) mass is 284 g/mol. The number of rotatable bonds is 3. The van der Waals surface area contributed by atoms with E-state index in [1.54, 1.807) is 0 Å². The summed E-state index contributed by atoms with van der Waals surface area (Å²) in [4.78, 5) is 1.42. The summed E-state index contributed by atoms with van der Waals surface area (Å²) in [6, 6.07) is 0. The van der Waals surface area contributed by atoms with Crippen LogP contribution in [0.5, 0.6) is 0 Å². The SMILES string of the molecule is C[Si](C)(C)/C=C(/[Si](C)(C)C)[Si](C)(Cl)Cl. The van der Waals surface area contributed by atoms with Gasteiger partial charge in [0.1, 0.15) is 0 Å². The molecule has 0 nitrogen and oxygen atoms in total. The summed E-state index contributed by atoms with van der Waals surface area (Å²) in [5.74, 6) is 0. The Balaban J connectivity index is 5.26. The predicted octanol–water partition coefficient (Wildman–Crippen LogP) is 4.76. The minimum atomic E-state index is -2.13. The molecule has 0 aliphatic rings. The van der Waals surface area contributed by atoms with E-state index in [9.17, 15) is 0 Å². The molecule has 0 amide bonds. The zero-order valence-electron chi connectivity index (χ0n) is 10.3. The molecule has 5 heteroatoms. The Bertz CT molecular complexity index is 212. The highest BCUT2D eigenvalue weighted by Crippen LogP contribution is 2.32. The van der Waals surface area contributed by atoms with Gasteiger partial charge in [0.05, 0.1) is 16.1 Å². The second-order valence-corrected chi connectivity index (χ2v) is 24.1. The second kappa shape index (κ2) is 4.45. The van der Waals surface area contributed by atoms with E-state index in [0.29, 0.717) is 0 Å². The molecular formula is C9H22Cl2Si3. The molecule has 0 spiro atoms. The molecule has 84 valence electrons. The maximum absolute atomic E-state index is 6.38. The molecule has 0 saturated heterocycles. The highest BCUT2D eigenvalue weighted by molar-refractivity contribution is 7.51. The lowest BCUT2D eigenvalue weighted by Gasteiger charge is -2.30. The van der Waals surface area contributed by atoms with Crippen molar-refractivity contribution in [3.63, 3.8) is 0 Å². The van der Waals surface area contributed by atoms with E-state index in [1.165, 1.54) is 4.82 Å². The number of halogens is 2. The van der Waals surface area contributed by atoms with Crippen LogP contribution in [0.4, 0.5) is 0 Å². The standard InChI is InChI=1S/C9H22Cl2Si3/c1-12(2,3)8-9(13(4,5)6)14(7,10)11/h8H,1-7H3/b9-8-. The number of hydrogen-bond acceptors (Lipinski definition) is 0. The summed E-state index contributed by atoms with van der Waals surface area (Å²) in [5, 5.41) is 0. The summed E-state index contributed by atoms with van der Waals surface area (Å²) >= 11 is 12.8. The van der Waals surface area contributed by atoms with Gasteiger partial charge in [0.15, 0.2) is 0 Å². The Morgan fingerprint density at radius 3 is 1.29 bits per heavy atom. The Kier molecular flexibility index (Phi) is 4.76. The van der Waals surface area contributed by atoms with Crippen LogP contribution in [-0.4, -0.2) is 22.8 Å². The normalized spacial score (nSPS) is 15.9. The maximum Gasteiger partial charge on any atom is 0.269 e. The fraction of sp³-hybridized carbons (Fsp3) is 0.778. The van der Waals surface area contributed by atoms with Crippen molar-refractivity contribution in [3.8, 4) is 0 Å². The van der Waals surface area contributed by atoms with Crippen LogP contribution in [0.1, 0.15) is 0 Å². The van der Waals surface area contributed by atoms with Crippen molar-refractivity contribution in [1.82, 2.24) is 0 Å². The van der Waals surface area contributed by atoms with Gasteiger partial charge in [0.25, 0.3) is 6.69 Å². The van der Waals surface area contributed by atoms with Gasteiger partial charge < -0.3 is 0 Å². The molecule has 0 rings (SSSR count). The van der Waals surface area contributed by atoms with Gasteiger partial charge in [-0.2, -0.15) is 0 Å². The summed E-state index contributed by atoms with van der Waals surface area (Å²) < 4.78 is 0. The summed E-state index contributed by atoms with van der Waals surface area (Å²) in [5.41, 5.74) is 2.44. The maximum atomic E-state index is 6.38. The van der Waals surface area contributed by atoms with Crippen LogP contribution >= 0.6 is 22.2 Å². The predicted molar refractivity (Wildman–Crippen MR) is 78.1 cm³/mol. The largest absolute Gasteiger partial charge is 0.269 e. The first-order valence-corrected chi connectivity index (χ1v) is 16.6. The molecule has 0 saturated carbocycles. The Morgan fingerprint density at radius 2 is 1.21 bits per heavy atom. The smallest absolute Gasteiger partial charge is 0.141 e. The van der Waals surface area contributed by atoms with E-state index in [4.69, 9.17) is 22.2 Å². The lowest BCUT2D eigenvalue weighted by atomic mass is 11.2. The molecule has 0 unspecified atom stereocenters. The Hall–Kier alpha value is 0.971. The van der Waals surface area contributed by atoms with E-state index in [-0.39, 0.29) is 0 Å². The zero-order valence-corrected chi connectivity index (χ0v) is 14.8. The van der Waals surface area contributed by atoms with Crippen molar-refractivity contribution in [2.24, 2.45) is 0 Å². The molecule has 0 aromatic heterocycles. The lowest BCUT2D eigenvalue weighted by Crippen LogP contribution is -2.39. The van der Waals surface area contributed by atoms with Crippen molar-refractivity contribution < 1.29 is 0 Å². The van der Waals surface area contributed by atoms with Crippen LogP contribution in [0.2, 0.25) is 45.8 Å². The summed E-state index contributed by atoms with van der Waals surface area (Å²) in [7, 11) is -2.54. The van der Waals surface area contributed by atoms with Crippen molar-refractivity contribution in [2.75, 3.05) is 0 Å². The first kappa shape index (κ1) is 15.0. The molecule has 0 N–H and O–H groups in total. The minimum absolute atomic E-state index is 1.20. The van der Waals surface area contributed by atoms with Gasteiger partial charge in [-0.25, -0.2) is 0 Å². The van der Waals surface area contributed by atoms with E-state index in [1.807, 2.05) is 6.55 Å². The van der Waals surface area contributed by atoms with E-state index in [2.05, 4.69) is 45.0 Å². The molecular weight excluding hydrogens is 263 g/mol. The highest BCUT2D eigenvalue weighted by Gasteiger charge is 2.37. The van der Waals surface area contributed by atoms with Gasteiger partial charge in [-0.05, 0) is 6.55 Å². The van der Waals surface area contributed by atoms with Crippen LogP contribution in [-0.2, 0) is 0 Å². The fourth-order valence-electron chi connectivity index (χ4n) is 1.43. The molecule has 0 aliphatic carbocycles. The first-order chi connectivity index (χ1) is 5.84. The van der Waals surface area contributed by atoms with Crippen LogP contribution in [0.15, 0.2) is 10.5 Å². The van der Waals surface area contributed by atoms with Gasteiger partial charge in [0.2, 0.25) is 0 Å². The average Bonchev–Trinajstić information content (AvgIpc) is 1.75. The third-order valence-electron chi connectivity index (χ3n) is 1.86. The van der Waals surface area contributed by atoms with Crippen molar-refractivity contribution in [1.29, 1.82) is 0 Å². The van der Waals surface area contributed by atoms with Gasteiger partial charge in [-0.15, -0.1) is 27.9 Å². The van der Waals surface area contributed by atoms with Crippen LogP contribution in [0.25, 0.3) is 0 Å². The molecule has 0 aliphatic heterocycles. The lowest BCUT2D eigenvalue weighted by molar-refractivity contribution is 1.68. The van der Waals surface area contributed by atoms with Crippen molar-refractivity contribution >= 4 is 45.0 Å². The van der Waals surface area contributed by atoms with Gasteiger partial charge in [0, 0.05) is 0 Å². The molecule has 0 radical (unpaired) electrons. The summed E-state index contributed by atoms with van der Waals surface area (Å²) in [6.45, 7) is 13.9. The molecule has 0 aromatic rings. The Labute approximate surface area is 101 Å². The van der Waals surface area contributed by atoms with E-state index < -0.39 is 22.8 Å². The number of hydrogen-bond donors (Lipinski definition) is 0. The fourth-order valence-corrected chi connectivity index (χ4v) is 19.0. The van der Waals surface area contributed by atoms with E-state index >= 15 is 0 Å². The van der Waals surface area contributed by atoms with Crippen molar-refractivity contribution in [2.45, 2.75) is 45.8 Å². The second-order valence-electron chi connectivity index (χ2n) is 6.06. The zero-order chi connectivity index (χ0) is 11.8. The van der Waals surface area contributed by atoms with Gasteiger partial charge in [-0.3, -0.25) is 0 Å². The molecule has 0 bridgehead atoms. The third kappa shape index (κ3) is 5.76. The van der Waals surface area contributed by atoms with E-state index in [0.717, 1.165) is 0 Å². The molecule has 14 heavy (non-hydrogen) atoms. The van der Waals surface area contributed by atoms with Crippen LogP contribution in [0.3, 0.4) is 0 Å². The Morgan fingerprint density at radius 1 is 0.857 bits per heavy atom.